The molecule has 0 radical (unpaired) electrons. The van der Waals surface area contributed by atoms with Crippen LogP contribution in [0.1, 0.15) is 50.6 Å². The number of carbonyl (C=O) groups is 1. The van der Waals surface area contributed by atoms with E-state index in [2.05, 4.69) is 5.32 Å². The number of likely N-dealkylation sites (N-methyl/N-ethyl adjacent to an activating group) is 1. The molecule has 126 valence electrons. The highest BCUT2D eigenvalue weighted by Gasteiger charge is 2.43. The molecule has 1 fully saturated rings. The Balaban J connectivity index is 1.81. The molecule has 2 atom stereocenters. The fourth-order valence-corrected chi connectivity index (χ4v) is 3.65. The largest absolute Gasteiger partial charge is 0.487 e. The van der Waals surface area contributed by atoms with Gasteiger partial charge in [-0.25, -0.2) is 4.79 Å². The lowest BCUT2D eigenvalue weighted by molar-refractivity contribution is 0.0372. The maximum absolute atomic E-state index is 12.5. The maximum atomic E-state index is 12.5. The summed E-state index contributed by atoms with van der Waals surface area (Å²) < 4.78 is 6.32. The van der Waals surface area contributed by atoms with Crippen molar-refractivity contribution in [2.45, 2.75) is 56.7 Å². The zero-order valence-corrected chi connectivity index (χ0v) is 13.9. The van der Waals surface area contributed by atoms with Crippen molar-refractivity contribution in [2.24, 2.45) is 0 Å². The minimum Gasteiger partial charge on any atom is -0.487 e. The number of nitrogens with one attached hydrogen (secondary N) is 1. The molecule has 23 heavy (non-hydrogen) atoms. The summed E-state index contributed by atoms with van der Waals surface area (Å²) in [5, 5.41) is 12.4. The molecule has 0 saturated heterocycles. The van der Waals surface area contributed by atoms with Crippen LogP contribution in [-0.4, -0.2) is 41.3 Å². The predicted molar refractivity (Wildman–Crippen MR) is 88.5 cm³/mol. The molecule has 1 aromatic carbocycles. The van der Waals surface area contributed by atoms with Crippen molar-refractivity contribution in [3.8, 4) is 5.75 Å². The molecule has 0 bridgehead atoms. The lowest BCUT2D eigenvalue weighted by Crippen LogP contribution is -2.48. The first-order chi connectivity index (χ1) is 11.0. The van der Waals surface area contributed by atoms with Crippen LogP contribution in [0.5, 0.6) is 5.75 Å². The van der Waals surface area contributed by atoms with Gasteiger partial charge < -0.3 is 20.1 Å². The van der Waals surface area contributed by atoms with Crippen molar-refractivity contribution in [3.05, 3.63) is 29.8 Å². The Morgan fingerprint density at radius 2 is 2.13 bits per heavy atom. The van der Waals surface area contributed by atoms with Crippen molar-refractivity contribution >= 4 is 6.03 Å². The van der Waals surface area contributed by atoms with Gasteiger partial charge in [-0.1, -0.05) is 18.2 Å². The molecular formula is C18H26N2O3. The zero-order valence-electron chi connectivity index (χ0n) is 13.9. The standard InChI is InChI=1S/C18H26N2O3/c1-13(12-21)20(2)17(22)19-15-11-18(9-5-6-10-18)23-16-8-4-3-7-14(15)16/h3-4,7-8,13,15,21H,5-6,9-12H2,1-2H3,(H,19,22). The smallest absolute Gasteiger partial charge is 0.317 e. The monoisotopic (exact) mass is 318 g/mol. The SMILES string of the molecule is CC(CO)N(C)C(=O)NC1CC2(CCCC2)Oc2ccccc21. The Hall–Kier alpha value is -1.75. The average Bonchev–Trinajstić information content (AvgIpc) is 3.00. The Morgan fingerprint density at radius 3 is 2.83 bits per heavy atom. The fourth-order valence-electron chi connectivity index (χ4n) is 3.65. The number of ether oxygens (including phenoxy) is 1. The number of amides is 2. The van der Waals surface area contributed by atoms with Gasteiger partial charge in [0.2, 0.25) is 0 Å². The summed E-state index contributed by atoms with van der Waals surface area (Å²) in [5.41, 5.74) is 0.913. The van der Waals surface area contributed by atoms with Crippen LogP contribution in [0, 0.1) is 0 Å². The summed E-state index contributed by atoms with van der Waals surface area (Å²) >= 11 is 0. The Kier molecular flexibility index (Phi) is 4.48. The van der Waals surface area contributed by atoms with Crippen molar-refractivity contribution < 1.29 is 14.6 Å². The van der Waals surface area contributed by atoms with E-state index in [0.29, 0.717) is 0 Å². The van der Waals surface area contributed by atoms with Gasteiger partial charge in [0.05, 0.1) is 18.7 Å². The van der Waals surface area contributed by atoms with E-state index in [1.54, 1.807) is 11.9 Å². The molecule has 3 rings (SSSR count). The van der Waals surface area contributed by atoms with E-state index in [9.17, 15) is 9.90 Å². The summed E-state index contributed by atoms with van der Waals surface area (Å²) in [6, 6.07) is 7.58. The van der Waals surface area contributed by atoms with Crippen LogP contribution in [0.25, 0.3) is 0 Å². The Bertz CT molecular complexity index is 569. The lowest BCUT2D eigenvalue weighted by atomic mass is 9.86. The average molecular weight is 318 g/mol. The van der Waals surface area contributed by atoms with Crippen molar-refractivity contribution in [1.29, 1.82) is 0 Å². The van der Waals surface area contributed by atoms with E-state index in [0.717, 1.165) is 30.6 Å². The highest BCUT2D eigenvalue weighted by atomic mass is 16.5. The van der Waals surface area contributed by atoms with Crippen LogP contribution < -0.4 is 10.1 Å². The molecule has 1 aliphatic carbocycles. The number of aliphatic hydroxyl groups is 1. The van der Waals surface area contributed by atoms with Crippen LogP contribution in [0.15, 0.2) is 24.3 Å². The number of hydrogen-bond donors (Lipinski definition) is 2. The van der Waals surface area contributed by atoms with E-state index in [-0.39, 0.29) is 30.3 Å². The molecule has 1 heterocycles. The summed E-state index contributed by atoms with van der Waals surface area (Å²) in [5.74, 6) is 0.892. The number of nitrogens with zero attached hydrogens (tertiary/aromatic N) is 1. The number of benzene rings is 1. The Morgan fingerprint density at radius 1 is 1.43 bits per heavy atom. The summed E-state index contributed by atoms with van der Waals surface area (Å²) in [6.07, 6.45) is 5.29. The molecular weight excluding hydrogens is 292 g/mol. The van der Waals surface area contributed by atoms with Gasteiger partial charge >= 0.3 is 6.03 Å². The van der Waals surface area contributed by atoms with Crippen LogP contribution in [0.3, 0.4) is 0 Å². The highest BCUT2D eigenvalue weighted by Crippen LogP contribution is 2.46. The number of rotatable bonds is 3. The molecule has 2 N–H and O–H groups in total. The molecule has 5 heteroatoms. The van der Waals surface area contributed by atoms with Gasteiger partial charge in [0.1, 0.15) is 11.4 Å². The third-order valence-electron chi connectivity index (χ3n) is 5.26. The number of para-hydroxylation sites is 1. The molecule has 0 aromatic heterocycles. The van der Waals surface area contributed by atoms with Crippen molar-refractivity contribution in [2.75, 3.05) is 13.7 Å². The van der Waals surface area contributed by atoms with Gasteiger partial charge in [-0.2, -0.15) is 0 Å². The van der Waals surface area contributed by atoms with Gasteiger partial charge in [-0.05, 0) is 38.7 Å². The number of urea groups is 1. The van der Waals surface area contributed by atoms with E-state index >= 15 is 0 Å². The second-order valence-corrected chi connectivity index (χ2v) is 6.88. The van der Waals surface area contributed by atoms with Crippen LogP contribution in [0.4, 0.5) is 4.79 Å². The topological polar surface area (TPSA) is 61.8 Å². The minimum atomic E-state index is -0.203. The third-order valence-corrected chi connectivity index (χ3v) is 5.26. The summed E-state index contributed by atoms with van der Waals surface area (Å²) in [6.45, 7) is 1.79. The Labute approximate surface area is 137 Å². The molecule has 1 spiro atoms. The second kappa shape index (κ2) is 6.40. The van der Waals surface area contributed by atoms with Gasteiger partial charge in [-0.3, -0.25) is 0 Å². The van der Waals surface area contributed by atoms with Crippen LogP contribution >= 0.6 is 0 Å². The molecule has 2 aliphatic rings. The van der Waals surface area contributed by atoms with Crippen LogP contribution in [0.2, 0.25) is 0 Å². The highest BCUT2D eigenvalue weighted by molar-refractivity contribution is 5.75. The number of fused-ring (bicyclic) bond motifs is 1. The fraction of sp³-hybridized carbons (Fsp3) is 0.611. The first-order valence-electron chi connectivity index (χ1n) is 8.47. The van der Waals surface area contributed by atoms with Crippen molar-refractivity contribution in [3.63, 3.8) is 0 Å². The number of carbonyl (C=O) groups excluding carboxylic acids is 1. The van der Waals surface area contributed by atoms with Gasteiger partial charge in [0.25, 0.3) is 0 Å². The minimum absolute atomic E-state index is 0.0427. The second-order valence-electron chi connectivity index (χ2n) is 6.88. The van der Waals surface area contributed by atoms with Crippen LogP contribution in [-0.2, 0) is 0 Å². The molecule has 2 amide bonds. The van der Waals surface area contributed by atoms with Gasteiger partial charge in [0.15, 0.2) is 0 Å². The molecule has 5 nitrogen and oxygen atoms in total. The van der Waals surface area contributed by atoms with Crippen molar-refractivity contribution in [1.82, 2.24) is 10.2 Å². The van der Waals surface area contributed by atoms with Gasteiger partial charge in [0, 0.05) is 19.0 Å². The van der Waals surface area contributed by atoms with Gasteiger partial charge in [-0.15, -0.1) is 0 Å². The summed E-state index contributed by atoms with van der Waals surface area (Å²) in [4.78, 5) is 14.0. The third kappa shape index (κ3) is 3.15. The molecule has 1 aromatic rings. The predicted octanol–water partition coefficient (Wildman–Crippen LogP) is 2.85. The van der Waals surface area contributed by atoms with E-state index in [1.165, 1.54) is 12.8 Å². The van der Waals surface area contributed by atoms with E-state index < -0.39 is 0 Å². The first kappa shape index (κ1) is 16.1. The lowest BCUT2D eigenvalue weighted by Gasteiger charge is -2.40. The molecule has 1 saturated carbocycles. The molecule has 2 unspecified atom stereocenters. The zero-order chi connectivity index (χ0) is 16.4. The molecule has 1 aliphatic heterocycles. The number of aliphatic hydroxyl groups excluding tert-OH is 1. The van der Waals surface area contributed by atoms with E-state index in [4.69, 9.17) is 4.74 Å². The maximum Gasteiger partial charge on any atom is 0.317 e. The van der Waals surface area contributed by atoms with E-state index in [1.807, 2.05) is 31.2 Å². The quantitative estimate of drug-likeness (QED) is 0.901. The first-order valence-corrected chi connectivity index (χ1v) is 8.47. The number of hydrogen-bond acceptors (Lipinski definition) is 3. The summed E-state index contributed by atoms with van der Waals surface area (Å²) in [7, 11) is 1.72. The normalized spacial score (nSPS) is 23.0.